The molecule has 0 aliphatic carbocycles. The number of nitrogens with zero attached hydrogens (tertiary/aromatic N) is 3. The van der Waals surface area contributed by atoms with Crippen LogP contribution in [-0.2, 0) is 14.3 Å². The summed E-state index contributed by atoms with van der Waals surface area (Å²) in [6, 6.07) is 17.6. The lowest BCUT2D eigenvalue weighted by atomic mass is 10.0. The molecule has 0 spiro atoms. The summed E-state index contributed by atoms with van der Waals surface area (Å²) in [5.41, 5.74) is 5.55. The number of nitrogens with one attached hydrogen (secondary N) is 1. The molecular formula is C28H27ClN4O3S2. The van der Waals surface area contributed by atoms with Crippen molar-refractivity contribution in [3.63, 3.8) is 0 Å². The first-order valence-corrected chi connectivity index (χ1v) is 14.5. The number of ether oxygens (including phenoxy) is 1. The Morgan fingerprint density at radius 1 is 1.16 bits per heavy atom. The summed E-state index contributed by atoms with van der Waals surface area (Å²) in [5.74, 6) is 0.429. The lowest BCUT2D eigenvalue weighted by Gasteiger charge is -2.23. The van der Waals surface area contributed by atoms with Gasteiger partial charge in [-0.1, -0.05) is 41.4 Å². The fourth-order valence-corrected chi connectivity index (χ4v) is 6.47. The third kappa shape index (κ3) is 5.51. The van der Waals surface area contributed by atoms with E-state index in [1.165, 1.54) is 0 Å². The molecule has 0 saturated heterocycles. The van der Waals surface area contributed by atoms with Gasteiger partial charge in [-0.15, -0.1) is 11.8 Å². The standard InChI is InChI=1S/C28H27ClN4O3S2/c1-18-3-9-22(10-4-18)33-28-25(26(31-33)19-5-7-21(29)8-6-19)27(20-11-14-37-16-20)38-17-24(35)32(28)15-23(34)30-12-13-36-2/h3-11,14,16,27H,12-13,15,17H2,1-2H3,(H,30,34)/t27-/m0/s1. The van der Waals surface area contributed by atoms with Crippen molar-refractivity contribution in [1.82, 2.24) is 15.1 Å². The zero-order valence-electron chi connectivity index (χ0n) is 21.0. The van der Waals surface area contributed by atoms with Gasteiger partial charge in [0.1, 0.15) is 12.4 Å². The number of rotatable bonds is 8. The van der Waals surface area contributed by atoms with Crippen molar-refractivity contribution in [3.8, 4) is 16.9 Å². The van der Waals surface area contributed by atoms with Crippen molar-refractivity contribution >= 4 is 52.3 Å². The van der Waals surface area contributed by atoms with Crippen LogP contribution in [0.25, 0.3) is 16.9 Å². The molecule has 38 heavy (non-hydrogen) atoms. The molecule has 0 bridgehead atoms. The molecule has 7 nitrogen and oxygen atoms in total. The van der Waals surface area contributed by atoms with Crippen molar-refractivity contribution in [2.75, 3.05) is 37.5 Å². The first-order valence-electron chi connectivity index (χ1n) is 12.1. The number of aromatic nitrogens is 2. The fraction of sp³-hybridized carbons (Fsp3) is 0.250. The molecule has 1 aliphatic heterocycles. The van der Waals surface area contributed by atoms with Crippen LogP contribution in [-0.4, -0.2) is 54.2 Å². The second-order valence-corrected chi connectivity index (χ2v) is 11.2. The Hall–Kier alpha value is -3.11. The molecule has 1 atom stereocenters. The number of hydrogen-bond acceptors (Lipinski definition) is 6. The number of hydrogen-bond donors (Lipinski definition) is 1. The van der Waals surface area contributed by atoms with E-state index in [0.717, 1.165) is 33.6 Å². The molecule has 0 saturated carbocycles. The highest BCUT2D eigenvalue weighted by Gasteiger charge is 2.37. The van der Waals surface area contributed by atoms with Gasteiger partial charge in [-0.2, -0.15) is 16.4 Å². The highest BCUT2D eigenvalue weighted by molar-refractivity contribution is 8.00. The number of methoxy groups -OCH3 is 1. The molecule has 3 heterocycles. The maximum absolute atomic E-state index is 13.6. The maximum Gasteiger partial charge on any atom is 0.240 e. The van der Waals surface area contributed by atoms with Gasteiger partial charge in [0.15, 0.2) is 0 Å². The normalized spacial score (nSPS) is 15.3. The van der Waals surface area contributed by atoms with Gasteiger partial charge < -0.3 is 10.1 Å². The van der Waals surface area contributed by atoms with Crippen LogP contribution < -0.4 is 10.2 Å². The molecule has 5 rings (SSSR count). The zero-order chi connectivity index (χ0) is 26.6. The summed E-state index contributed by atoms with van der Waals surface area (Å²) in [4.78, 5) is 28.2. The molecule has 2 amide bonds. The molecule has 0 unspecified atom stereocenters. The highest BCUT2D eigenvalue weighted by atomic mass is 35.5. The van der Waals surface area contributed by atoms with Gasteiger partial charge in [-0.05, 0) is 53.6 Å². The van der Waals surface area contributed by atoms with E-state index in [1.54, 1.807) is 39.8 Å². The molecule has 2 aromatic heterocycles. The van der Waals surface area contributed by atoms with Crippen LogP contribution >= 0.6 is 34.7 Å². The van der Waals surface area contributed by atoms with Gasteiger partial charge in [0.2, 0.25) is 11.8 Å². The van der Waals surface area contributed by atoms with Gasteiger partial charge in [0.05, 0.1) is 29.0 Å². The average molecular weight is 567 g/mol. The molecule has 4 aromatic rings. The number of carbonyl (C=O) groups is 2. The number of amides is 2. The molecular weight excluding hydrogens is 540 g/mol. The first-order chi connectivity index (χ1) is 18.5. The number of halogens is 1. The van der Waals surface area contributed by atoms with Crippen molar-refractivity contribution < 1.29 is 14.3 Å². The monoisotopic (exact) mass is 566 g/mol. The Balaban J connectivity index is 1.73. The molecule has 10 heteroatoms. The van der Waals surface area contributed by atoms with E-state index in [2.05, 4.69) is 16.8 Å². The lowest BCUT2D eigenvalue weighted by molar-refractivity contribution is -0.123. The largest absolute Gasteiger partial charge is 0.383 e. The van der Waals surface area contributed by atoms with Crippen molar-refractivity contribution in [2.45, 2.75) is 12.2 Å². The van der Waals surface area contributed by atoms with Crippen LogP contribution in [0.3, 0.4) is 0 Å². The van der Waals surface area contributed by atoms with E-state index in [4.69, 9.17) is 21.4 Å². The minimum absolute atomic E-state index is 0.121. The maximum atomic E-state index is 13.6. The molecule has 1 aliphatic rings. The summed E-state index contributed by atoms with van der Waals surface area (Å²) in [6.45, 7) is 2.66. The SMILES string of the molecule is COCCNC(=O)CN1C(=O)CS[C@@H](c2ccsc2)c2c(-c3ccc(Cl)cc3)nn(-c3ccc(C)cc3)c21. The number of aryl methyl sites for hydroxylation is 1. The molecule has 0 fully saturated rings. The van der Waals surface area contributed by atoms with E-state index in [-0.39, 0.29) is 29.4 Å². The summed E-state index contributed by atoms with van der Waals surface area (Å²) in [7, 11) is 1.58. The Labute approximate surface area is 234 Å². The van der Waals surface area contributed by atoms with Gasteiger partial charge in [0.25, 0.3) is 0 Å². The molecule has 196 valence electrons. The Bertz CT molecular complexity index is 1420. The van der Waals surface area contributed by atoms with E-state index >= 15 is 0 Å². The fourth-order valence-electron chi connectivity index (χ4n) is 4.39. The number of thioether (sulfide) groups is 1. The third-order valence-corrected chi connectivity index (χ3v) is 8.47. The number of benzene rings is 2. The summed E-state index contributed by atoms with van der Waals surface area (Å²) < 4.78 is 6.86. The van der Waals surface area contributed by atoms with Crippen LogP contribution in [0.2, 0.25) is 5.02 Å². The first kappa shape index (κ1) is 26.5. The van der Waals surface area contributed by atoms with Crippen LogP contribution in [0.15, 0.2) is 65.4 Å². The Kier molecular flexibility index (Phi) is 8.18. The van der Waals surface area contributed by atoms with Gasteiger partial charge in [-0.3, -0.25) is 14.5 Å². The number of carbonyl (C=O) groups excluding carboxylic acids is 2. The van der Waals surface area contributed by atoms with Crippen LogP contribution in [0.5, 0.6) is 0 Å². The number of anilines is 1. The Morgan fingerprint density at radius 2 is 1.92 bits per heavy atom. The summed E-state index contributed by atoms with van der Waals surface area (Å²) >= 11 is 9.38. The van der Waals surface area contributed by atoms with Crippen LogP contribution in [0, 0.1) is 6.92 Å². The van der Waals surface area contributed by atoms with Crippen LogP contribution in [0.1, 0.15) is 21.9 Å². The zero-order valence-corrected chi connectivity index (χ0v) is 23.4. The summed E-state index contributed by atoms with van der Waals surface area (Å²) in [6.07, 6.45) is 0. The second kappa shape index (κ2) is 11.7. The minimum atomic E-state index is -0.259. The van der Waals surface area contributed by atoms with Gasteiger partial charge >= 0.3 is 0 Å². The Morgan fingerprint density at radius 3 is 2.61 bits per heavy atom. The molecule has 0 radical (unpaired) electrons. The van der Waals surface area contributed by atoms with Crippen LogP contribution in [0.4, 0.5) is 5.82 Å². The third-order valence-electron chi connectivity index (χ3n) is 6.26. The number of thiophene rings is 1. The predicted octanol–water partition coefficient (Wildman–Crippen LogP) is 5.49. The predicted molar refractivity (Wildman–Crippen MR) is 155 cm³/mol. The van der Waals surface area contributed by atoms with Crippen molar-refractivity contribution in [3.05, 3.63) is 87.1 Å². The smallest absolute Gasteiger partial charge is 0.240 e. The topological polar surface area (TPSA) is 76.5 Å². The quantitative estimate of drug-likeness (QED) is 0.285. The van der Waals surface area contributed by atoms with E-state index in [1.807, 2.05) is 60.8 Å². The van der Waals surface area contributed by atoms with Gasteiger partial charge in [0, 0.05) is 29.8 Å². The van der Waals surface area contributed by atoms with E-state index in [9.17, 15) is 9.59 Å². The molecule has 2 aromatic carbocycles. The van der Waals surface area contributed by atoms with Crippen molar-refractivity contribution in [1.29, 1.82) is 0 Å². The second-order valence-electron chi connectivity index (χ2n) is 8.91. The minimum Gasteiger partial charge on any atom is -0.383 e. The summed E-state index contributed by atoms with van der Waals surface area (Å²) in [5, 5.41) is 12.6. The highest BCUT2D eigenvalue weighted by Crippen LogP contribution is 2.49. The molecule has 1 N–H and O–H groups in total. The van der Waals surface area contributed by atoms with Gasteiger partial charge in [-0.25, -0.2) is 4.68 Å². The average Bonchev–Trinajstić information content (AvgIpc) is 3.55. The van der Waals surface area contributed by atoms with Crippen molar-refractivity contribution in [2.24, 2.45) is 0 Å². The number of fused-ring (bicyclic) bond motifs is 1. The van der Waals surface area contributed by atoms with E-state index in [0.29, 0.717) is 24.0 Å². The van der Waals surface area contributed by atoms with E-state index < -0.39 is 0 Å². The lowest BCUT2D eigenvalue weighted by Crippen LogP contribution is -2.43.